The molecule has 29 heavy (non-hydrogen) atoms. The number of hydrogen-bond acceptors (Lipinski definition) is 3. The summed E-state index contributed by atoms with van der Waals surface area (Å²) in [6, 6.07) is 13.6. The third-order valence-electron chi connectivity index (χ3n) is 5.01. The molecule has 7 heteroatoms. The third kappa shape index (κ3) is 6.29. The molecular weight excluding hydrogens is 373 g/mol. The first-order chi connectivity index (χ1) is 14.0. The SMILES string of the molecule is Cc1ccccc1OCCC(=O)N1CC[NH+](CC(=O)Nc2cccc(F)c2)CC1. The molecule has 0 radical (unpaired) electrons. The number of nitrogens with one attached hydrogen (secondary N) is 2. The summed E-state index contributed by atoms with van der Waals surface area (Å²) in [6.07, 6.45) is 0.337. The summed E-state index contributed by atoms with van der Waals surface area (Å²) in [4.78, 5) is 27.5. The molecule has 0 saturated carbocycles. The molecule has 2 aromatic rings. The van der Waals surface area contributed by atoms with Crippen molar-refractivity contribution in [3.05, 3.63) is 59.9 Å². The van der Waals surface area contributed by atoms with E-state index in [1.165, 1.54) is 12.1 Å². The van der Waals surface area contributed by atoms with Crippen LogP contribution in [-0.2, 0) is 9.59 Å². The lowest BCUT2D eigenvalue weighted by Gasteiger charge is -2.32. The monoisotopic (exact) mass is 400 g/mol. The van der Waals surface area contributed by atoms with Crippen LogP contribution in [0.1, 0.15) is 12.0 Å². The standard InChI is InChI=1S/C22H26FN3O3/c1-17-5-2-3-8-20(17)29-14-9-22(28)26-12-10-25(11-13-26)16-21(27)24-19-7-4-6-18(23)15-19/h2-8,15H,9-14,16H2,1H3,(H,24,27)/p+1. The summed E-state index contributed by atoms with van der Waals surface area (Å²) in [5.41, 5.74) is 1.51. The normalized spacial score (nSPS) is 14.5. The maximum atomic E-state index is 13.2. The van der Waals surface area contributed by atoms with Gasteiger partial charge in [0.25, 0.3) is 5.91 Å². The molecule has 1 aliphatic heterocycles. The fourth-order valence-electron chi connectivity index (χ4n) is 3.37. The van der Waals surface area contributed by atoms with Crippen LogP contribution >= 0.6 is 0 Å². The lowest BCUT2D eigenvalue weighted by Crippen LogP contribution is -3.15. The fraction of sp³-hybridized carbons (Fsp3) is 0.364. The van der Waals surface area contributed by atoms with Crippen molar-refractivity contribution in [2.75, 3.05) is 44.6 Å². The number of piperazine rings is 1. The van der Waals surface area contributed by atoms with Crippen LogP contribution in [0.2, 0.25) is 0 Å². The Hall–Kier alpha value is -2.93. The van der Waals surface area contributed by atoms with E-state index >= 15 is 0 Å². The number of nitrogens with zero attached hydrogens (tertiary/aromatic N) is 1. The highest BCUT2D eigenvalue weighted by Crippen LogP contribution is 2.16. The van der Waals surface area contributed by atoms with Gasteiger partial charge in [-0.15, -0.1) is 0 Å². The Balaban J connectivity index is 1.36. The third-order valence-corrected chi connectivity index (χ3v) is 5.01. The van der Waals surface area contributed by atoms with Gasteiger partial charge in [-0.25, -0.2) is 4.39 Å². The highest BCUT2D eigenvalue weighted by atomic mass is 19.1. The van der Waals surface area contributed by atoms with E-state index in [-0.39, 0.29) is 17.6 Å². The highest BCUT2D eigenvalue weighted by Gasteiger charge is 2.25. The number of amides is 2. The van der Waals surface area contributed by atoms with Crippen LogP contribution in [0.4, 0.5) is 10.1 Å². The summed E-state index contributed by atoms with van der Waals surface area (Å²) >= 11 is 0. The Morgan fingerprint density at radius 1 is 1.14 bits per heavy atom. The van der Waals surface area contributed by atoms with Crippen molar-refractivity contribution in [1.29, 1.82) is 0 Å². The zero-order valence-electron chi connectivity index (χ0n) is 16.6. The number of carbonyl (C=O) groups is 2. The summed E-state index contributed by atoms with van der Waals surface area (Å²) in [5.74, 6) is 0.339. The van der Waals surface area contributed by atoms with Gasteiger partial charge < -0.3 is 19.9 Å². The van der Waals surface area contributed by atoms with Crippen molar-refractivity contribution < 1.29 is 23.6 Å². The Morgan fingerprint density at radius 3 is 2.62 bits per heavy atom. The van der Waals surface area contributed by atoms with E-state index in [1.807, 2.05) is 36.1 Å². The number of rotatable bonds is 7. The number of ether oxygens (including phenoxy) is 1. The summed E-state index contributed by atoms with van der Waals surface area (Å²) < 4.78 is 18.9. The van der Waals surface area contributed by atoms with Crippen molar-refractivity contribution in [3.63, 3.8) is 0 Å². The molecule has 0 aliphatic carbocycles. The quantitative estimate of drug-likeness (QED) is 0.736. The van der Waals surface area contributed by atoms with Crippen LogP contribution in [0.15, 0.2) is 48.5 Å². The highest BCUT2D eigenvalue weighted by molar-refractivity contribution is 5.91. The average molecular weight is 400 g/mol. The molecule has 3 rings (SSSR count). The summed E-state index contributed by atoms with van der Waals surface area (Å²) in [7, 11) is 0. The predicted molar refractivity (Wildman–Crippen MR) is 108 cm³/mol. The van der Waals surface area contributed by atoms with Crippen molar-refractivity contribution in [2.24, 2.45) is 0 Å². The number of anilines is 1. The fourth-order valence-corrected chi connectivity index (χ4v) is 3.37. The first-order valence-corrected chi connectivity index (χ1v) is 9.86. The van der Waals surface area contributed by atoms with Crippen molar-refractivity contribution in [3.8, 4) is 5.75 Å². The largest absolute Gasteiger partial charge is 0.493 e. The molecular formula is C22H27FN3O3+. The number of quaternary nitrogens is 1. The average Bonchev–Trinajstić information content (AvgIpc) is 2.70. The topological polar surface area (TPSA) is 63.1 Å². The van der Waals surface area contributed by atoms with E-state index in [2.05, 4.69) is 5.32 Å². The van der Waals surface area contributed by atoms with Gasteiger partial charge in [0.2, 0.25) is 5.91 Å². The van der Waals surface area contributed by atoms with E-state index in [0.29, 0.717) is 51.4 Å². The van der Waals surface area contributed by atoms with E-state index in [4.69, 9.17) is 4.74 Å². The molecule has 154 valence electrons. The van der Waals surface area contributed by atoms with Crippen molar-refractivity contribution in [1.82, 2.24) is 4.90 Å². The van der Waals surface area contributed by atoms with E-state index < -0.39 is 0 Å². The second-order valence-electron chi connectivity index (χ2n) is 7.23. The molecule has 1 saturated heterocycles. The van der Waals surface area contributed by atoms with Gasteiger partial charge in [0, 0.05) is 5.69 Å². The minimum absolute atomic E-state index is 0.0712. The molecule has 0 unspecified atom stereocenters. The number of halogens is 1. The van der Waals surface area contributed by atoms with Gasteiger partial charge in [-0.05, 0) is 36.8 Å². The van der Waals surface area contributed by atoms with E-state index in [1.54, 1.807) is 12.1 Å². The van der Waals surface area contributed by atoms with Crippen LogP contribution in [0.25, 0.3) is 0 Å². The molecule has 1 fully saturated rings. The first kappa shape index (κ1) is 20.8. The minimum atomic E-state index is -0.381. The molecule has 0 spiro atoms. The van der Waals surface area contributed by atoms with Crippen LogP contribution in [0, 0.1) is 12.7 Å². The number of hydrogen-bond donors (Lipinski definition) is 2. The Morgan fingerprint density at radius 2 is 1.90 bits per heavy atom. The molecule has 6 nitrogen and oxygen atoms in total. The van der Waals surface area contributed by atoms with Crippen LogP contribution in [0.3, 0.4) is 0 Å². The lowest BCUT2D eigenvalue weighted by molar-refractivity contribution is -0.895. The maximum absolute atomic E-state index is 13.2. The van der Waals surface area contributed by atoms with Crippen LogP contribution < -0.4 is 15.0 Å². The molecule has 0 aromatic heterocycles. The molecule has 2 amide bonds. The molecule has 0 atom stereocenters. The molecule has 2 N–H and O–H groups in total. The van der Waals surface area contributed by atoms with Crippen molar-refractivity contribution in [2.45, 2.75) is 13.3 Å². The van der Waals surface area contributed by atoms with Gasteiger partial charge in [-0.3, -0.25) is 9.59 Å². The number of benzene rings is 2. The Bertz CT molecular complexity index is 851. The minimum Gasteiger partial charge on any atom is -0.493 e. The molecule has 0 bridgehead atoms. The second kappa shape index (κ2) is 10.0. The summed E-state index contributed by atoms with van der Waals surface area (Å²) in [6.45, 7) is 5.28. The second-order valence-corrected chi connectivity index (χ2v) is 7.23. The molecule has 1 heterocycles. The van der Waals surface area contributed by atoms with Gasteiger partial charge in [-0.2, -0.15) is 0 Å². The van der Waals surface area contributed by atoms with Gasteiger partial charge >= 0.3 is 0 Å². The van der Waals surface area contributed by atoms with E-state index in [9.17, 15) is 14.0 Å². The van der Waals surface area contributed by atoms with Gasteiger partial charge in [-0.1, -0.05) is 24.3 Å². The smallest absolute Gasteiger partial charge is 0.279 e. The van der Waals surface area contributed by atoms with Crippen molar-refractivity contribution >= 4 is 17.5 Å². The maximum Gasteiger partial charge on any atom is 0.279 e. The summed E-state index contributed by atoms with van der Waals surface area (Å²) in [5, 5.41) is 2.72. The van der Waals surface area contributed by atoms with Crippen LogP contribution in [0.5, 0.6) is 5.75 Å². The Kier molecular flexibility index (Phi) is 7.19. The predicted octanol–water partition coefficient (Wildman–Crippen LogP) is 1.27. The lowest BCUT2D eigenvalue weighted by atomic mass is 10.2. The van der Waals surface area contributed by atoms with Crippen LogP contribution in [-0.4, -0.2) is 56.0 Å². The van der Waals surface area contributed by atoms with Gasteiger partial charge in [0.15, 0.2) is 6.54 Å². The molecule has 1 aliphatic rings. The molecule has 2 aromatic carbocycles. The number of para-hydroxylation sites is 1. The first-order valence-electron chi connectivity index (χ1n) is 9.86. The Labute approximate surface area is 170 Å². The van der Waals surface area contributed by atoms with E-state index in [0.717, 1.165) is 16.2 Å². The van der Waals surface area contributed by atoms with Gasteiger partial charge in [0.05, 0.1) is 39.2 Å². The number of carbonyl (C=O) groups excluding carboxylic acids is 2. The number of aryl methyl sites for hydroxylation is 1. The van der Waals surface area contributed by atoms with Gasteiger partial charge in [0.1, 0.15) is 11.6 Å². The zero-order valence-corrected chi connectivity index (χ0v) is 16.6. The zero-order chi connectivity index (χ0) is 20.6.